The lowest BCUT2D eigenvalue weighted by Gasteiger charge is -2.30. The highest BCUT2D eigenvalue weighted by Crippen LogP contribution is 2.21. The average Bonchev–Trinajstić information content (AvgIpc) is 3.04. The zero-order valence-electron chi connectivity index (χ0n) is 14.5. The van der Waals surface area contributed by atoms with Crippen LogP contribution in [-0.2, 0) is 11.3 Å². The number of hydrogen-bond donors (Lipinski definition) is 1. The predicted molar refractivity (Wildman–Crippen MR) is 91.0 cm³/mol. The number of nitrogens with zero attached hydrogens (tertiary/aromatic N) is 3. The fraction of sp³-hybridized carbons (Fsp3) is 0.500. The lowest BCUT2D eigenvalue weighted by atomic mass is 9.95. The molecule has 0 radical (unpaired) electrons. The molecule has 1 amide bonds. The summed E-state index contributed by atoms with van der Waals surface area (Å²) in [6.45, 7) is 6.16. The fourth-order valence-electron chi connectivity index (χ4n) is 2.98. The van der Waals surface area contributed by atoms with Crippen molar-refractivity contribution >= 4 is 5.91 Å². The molecule has 1 fully saturated rings. The first kappa shape index (κ1) is 17.5. The van der Waals surface area contributed by atoms with Gasteiger partial charge in [0.1, 0.15) is 5.82 Å². The van der Waals surface area contributed by atoms with E-state index in [0.717, 1.165) is 31.5 Å². The van der Waals surface area contributed by atoms with E-state index >= 15 is 0 Å². The van der Waals surface area contributed by atoms with Crippen molar-refractivity contribution in [2.75, 3.05) is 13.1 Å². The zero-order chi connectivity index (χ0) is 17.8. The molecule has 0 aliphatic carbocycles. The van der Waals surface area contributed by atoms with Crippen LogP contribution < -0.4 is 5.32 Å². The Hall–Kier alpha value is -2.28. The maximum absolute atomic E-state index is 13.0. The molecule has 0 unspecified atom stereocenters. The molecule has 25 heavy (non-hydrogen) atoms. The van der Waals surface area contributed by atoms with Gasteiger partial charge in [0.15, 0.2) is 0 Å². The maximum atomic E-state index is 13.0. The molecule has 0 atom stereocenters. The van der Waals surface area contributed by atoms with E-state index in [9.17, 15) is 9.18 Å². The van der Waals surface area contributed by atoms with Crippen molar-refractivity contribution in [3.8, 4) is 11.4 Å². The number of amides is 1. The molecule has 1 saturated heterocycles. The summed E-state index contributed by atoms with van der Waals surface area (Å²) >= 11 is 0. The van der Waals surface area contributed by atoms with Crippen molar-refractivity contribution < 1.29 is 13.7 Å². The molecule has 1 aromatic heterocycles. The monoisotopic (exact) mass is 346 g/mol. The van der Waals surface area contributed by atoms with Gasteiger partial charge in [-0.2, -0.15) is 4.98 Å². The molecule has 1 aromatic carbocycles. The average molecular weight is 346 g/mol. The Labute approximate surface area is 146 Å². The third-order valence-corrected chi connectivity index (χ3v) is 4.32. The Morgan fingerprint density at radius 2 is 2.00 bits per heavy atom. The van der Waals surface area contributed by atoms with Gasteiger partial charge in [0.05, 0.1) is 6.54 Å². The van der Waals surface area contributed by atoms with E-state index in [1.165, 1.54) is 12.1 Å². The standard InChI is InChI=1S/C18H23FN4O2/c1-12(2)20-18(24)14-7-9-23(10-8-14)11-16-21-17(22-25-16)13-3-5-15(19)6-4-13/h3-6,12,14H,7-11H2,1-2H3,(H,20,24). The molecule has 0 bridgehead atoms. The van der Waals surface area contributed by atoms with Crippen LogP contribution in [0.25, 0.3) is 11.4 Å². The number of nitrogens with one attached hydrogen (secondary N) is 1. The van der Waals surface area contributed by atoms with Crippen LogP contribution >= 0.6 is 0 Å². The first-order valence-corrected chi connectivity index (χ1v) is 8.62. The third-order valence-electron chi connectivity index (χ3n) is 4.32. The van der Waals surface area contributed by atoms with Crippen molar-refractivity contribution in [2.24, 2.45) is 5.92 Å². The van der Waals surface area contributed by atoms with E-state index < -0.39 is 0 Å². The minimum atomic E-state index is -0.295. The molecular weight excluding hydrogens is 323 g/mol. The van der Waals surface area contributed by atoms with Crippen LogP contribution in [0.3, 0.4) is 0 Å². The molecule has 2 heterocycles. The number of benzene rings is 1. The summed E-state index contributed by atoms with van der Waals surface area (Å²) in [5.74, 6) is 0.921. The molecule has 0 spiro atoms. The van der Waals surface area contributed by atoms with Gasteiger partial charge in [0.2, 0.25) is 17.6 Å². The highest BCUT2D eigenvalue weighted by molar-refractivity contribution is 5.78. The molecular formula is C18H23FN4O2. The van der Waals surface area contributed by atoms with Crippen LogP contribution in [0.5, 0.6) is 0 Å². The lowest BCUT2D eigenvalue weighted by Crippen LogP contribution is -2.42. The van der Waals surface area contributed by atoms with Gasteiger partial charge in [0.25, 0.3) is 0 Å². The highest BCUT2D eigenvalue weighted by atomic mass is 19.1. The van der Waals surface area contributed by atoms with Crippen LogP contribution in [0.2, 0.25) is 0 Å². The summed E-state index contributed by atoms with van der Waals surface area (Å²) in [6, 6.07) is 6.18. The molecule has 3 rings (SSSR count). The van der Waals surface area contributed by atoms with Gasteiger partial charge >= 0.3 is 0 Å². The summed E-state index contributed by atoms with van der Waals surface area (Å²) in [6.07, 6.45) is 1.66. The van der Waals surface area contributed by atoms with Crippen LogP contribution in [0.1, 0.15) is 32.6 Å². The SMILES string of the molecule is CC(C)NC(=O)C1CCN(Cc2nc(-c3ccc(F)cc3)no2)CC1. The van der Waals surface area contributed by atoms with Gasteiger partial charge in [0, 0.05) is 17.5 Å². The number of aromatic nitrogens is 2. The van der Waals surface area contributed by atoms with Gasteiger partial charge in [-0.25, -0.2) is 4.39 Å². The topological polar surface area (TPSA) is 71.3 Å². The summed E-state index contributed by atoms with van der Waals surface area (Å²) in [4.78, 5) is 18.6. The van der Waals surface area contributed by atoms with Crippen molar-refractivity contribution in [3.63, 3.8) is 0 Å². The zero-order valence-corrected chi connectivity index (χ0v) is 14.5. The third kappa shape index (κ3) is 4.63. The van der Waals surface area contributed by atoms with E-state index in [2.05, 4.69) is 20.4 Å². The quantitative estimate of drug-likeness (QED) is 0.901. The van der Waals surface area contributed by atoms with Crippen molar-refractivity contribution in [1.82, 2.24) is 20.4 Å². The van der Waals surface area contributed by atoms with Gasteiger partial charge in [-0.15, -0.1) is 0 Å². The van der Waals surface area contributed by atoms with E-state index in [1.54, 1.807) is 12.1 Å². The Balaban J connectivity index is 1.53. The second kappa shape index (κ2) is 7.74. The van der Waals surface area contributed by atoms with E-state index in [-0.39, 0.29) is 23.7 Å². The number of likely N-dealkylation sites (tertiary alicyclic amines) is 1. The number of hydrogen-bond acceptors (Lipinski definition) is 5. The summed E-state index contributed by atoms with van der Waals surface area (Å²) < 4.78 is 18.3. The van der Waals surface area contributed by atoms with Gasteiger partial charge < -0.3 is 9.84 Å². The van der Waals surface area contributed by atoms with Crippen LogP contribution in [0.15, 0.2) is 28.8 Å². The van der Waals surface area contributed by atoms with Gasteiger partial charge in [-0.05, 0) is 64.0 Å². The van der Waals surface area contributed by atoms with Crippen molar-refractivity contribution in [3.05, 3.63) is 36.0 Å². The molecule has 134 valence electrons. The lowest BCUT2D eigenvalue weighted by molar-refractivity contribution is -0.127. The Morgan fingerprint density at radius 3 is 2.64 bits per heavy atom. The van der Waals surface area contributed by atoms with E-state index in [4.69, 9.17) is 4.52 Å². The normalized spacial score (nSPS) is 16.3. The number of rotatable bonds is 5. The molecule has 2 aromatic rings. The molecule has 1 N–H and O–H groups in total. The van der Waals surface area contributed by atoms with Crippen LogP contribution in [0.4, 0.5) is 4.39 Å². The first-order chi connectivity index (χ1) is 12.0. The molecule has 1 aliphatic heterocycles. The number of carbonyl (C=O) groups is 1. The Bertz CT molecular complexity index is 706. The second-order valence-electron chi connectivity index (χ2n) is 6.73. The van der Waals surface area contributed by atoms with Crippen molar-refractivity contribution in [1.29, 1.82) is 0 Å². The number of halogens is 1. The molecule has 1 aliphatic rings. The minimum Gasteiger partial charge on any atom is -0.354 e. The Kier molecular flexibility index (Phi) is 5.43. The maximum Gasteiger partial charge on any atom is 0.241 e. The van der Waals surface area contributed by atoms with Crippen LogP contribution in [0, 0.1) is 11.7 Å². The minimum absolute atomic E-state index is 0.0797. The molecule has 7 heteroatoms. The van der Waals surface area contributed by atoms with Gasteiger partial charge in [-0.3, -0.25) is 9.69 Å². The summed E-state index contributed by atoms with van der Waals surface area (Å²) in [5, 5.41) is 6.94. The Morgan fingerprint density at radius 1 is 1.32 bits per heavy atom. The highest BCUT2D eigenvalue weighted by Gasteiger charge is 2.26. The number of carbonyl (C=O) groups excluding carboxylic acids is 1. The number of piperidine rings is 1. The van der Waals surface area contributed by atoms with E-state index in [1.807, 2.05) is 13.8 Å². The fourth-order valence-corrected chi connectivity index (χ4v) is 2.98. The van der Waals surface area contributed by atoms with Crippen molar-refractivity contribution in [2.45, 2.75) is 39.3 Å². The molecule has 6 nitrogen and oxygen atoms in total. The smallest absolute Gasteiger partial charge is 0.241 e. The van der Waals surface area contributed by atoms with Gasteiger partial charge in [-0.1, -0.05) is 5.16 Å². The largest absolute Gasteiger partial charge is 0.354 e. The second-order valence-corrected chi connectivity index (χ2v) is 6.73. The van der Waals surface area contributed by atoms with E-state index in [0.29, 0.717) is 18.3 Å². The van der Waals surface area contributed by atoms with Crippen LogP contribution in [-0.4, -0.2) is 40.1 Å². The predicted octanol–water partition coefficient (Wildman–Crippen LogP) is 2.61. The summed E-state index contributed by atoms with van der Waals surface area (Å²) in [5.41, 5.74) is 0.723. The molecule has 0 saturated carbocycles. The summed E-state index contributed by atoms with van der Waals surface area (Å²) in [7, 11) is 0. The first-order valence-electron chi connectivity index (χ1n) is 8.62.